The van der Waals surface area contributed by atoms with E-state index in [0.717, 1.165) is 22.3 Å². The van der Waals surface area contributed by atoms with E-state index in [2.05, 4.69) is 10.5 Å². The lowest BCUT2D eigenvalue weighted by Crippen LogP contribution is -2.54. The molecule has 2 atom stereocenters. The van der Waals surface area contributed by atoms with Gasteiger partial charge in [-0.15, -0.1) is 0 Å². The van der Waals surface area contributed by atoms with Gasteiger partial charge in [-0.1, -0.05) is 48.5 Å². The van der Waals surface area contributed by atoms with E-state index < -0.39 is 23.3 Å². The van der Waals surface area contributed by atoms with Gasteiger partial charge in [0.15, 0.2) is 0 Å². The van der Waals surface area contributed by atoms with E-state index in [-0.39, 0.29) is 17.7 Å². The maximum Gasteiger partial charge on any atom is 0.332 e. The van der Waals surface area contributed by atoms with Gasteiger partial charge in [0, 0.05) is 12.1 Å². The first-order chi connectivity index (χ1) is 17.5. The molecule has 1 aliphatic heterocycles. The number of amides is 4. The molecule has 3 N–H and O–H groups in total. The molecule has 4 aliphatic rings. The summed E-state index contributed by atoms with van der Waals surface area (Å²) in [5.74, 6) is -1.50. The number of carbonyl (C=O) groups is 3. The van der Waals surface area contributed by atoms with Crippen molar-refractivity contribution in [2.24, 2.45) is 22.7 Å². The Bertz CT molecular complexity index is 1380. The number of hydrogen-bond acceptors (Lipinski definition) is 5. The van der Waals surface area contributed by atoms with Crippen LogP contribution in [0, 0.1) is 11.8 Å². The summed E-state index contributed by atoms with van der Waals surface area (Å²) in [5.41, 5.74) is 10.8. The first kappa shape index (κ1) is 22.0. The Labute approximate surface area is 207 Å². The third-order valence-electron chi connectivity index (χ3n) is 7.53. The van der Waals surface area contributed by atoms with Crippen molar-refractivity contribution in [3.8, 4) is 5.75 Å². The van der Waals surface area contributed by atoms with Crippen LogP contribution >= 0.6 is 0 Å². The number of anilines is 1. The summed E-state index contributed by atoms with van der Waals surface area (Å²) in [7, 11) is 0. The van der Waals surface area contributed by atoms with Gasteiger partial charge >= 0.3 is 6.03 Å². The van der Waals surface area contributed by atoms with Crippen molar-refractivity contribution in [3.63, 3.8) is 0 Å². The summed E-state index contributed by atoms with van der Waals surface area (Å²) in [5, 5.41) is 4.16. The zero-order chi connectivity index (χ0) is 25.0. The number of ether oxygens (including phenoxy) is 1. The molecule has 8 heteroatoms. The lowest BCUT2D eigenvalue weighted by atomic mass is 9.47. The highest BCUT2D eigenvalue weighted by atomic mass is 16.5. The zero-order valence-corrected chi connectivity index (χ0v) is 19.5. The van der Waals surface area contributed by atoms with Gasteiger partial charge < -0.3 is 10.5 Å². The van der Waals surface area contributed by atoms with Crippen LogP contribution in [0.2, 0.25) is 0 Å². The van der Waals surface area contributed by atoms with Crippen LogP contribution in [0.5, 0.6) is 5.75 Å². The normalized spacial score (nSPS) is 25.5. The number of imide groups is 1. The number of rotatable bonds is 5. The number of hydrazone groups is 1. The Balaban J connectivity index is 1.57. The van der Waals surface area contributed by atoms with Gasteiger partial charge in [0.05, 0.1) is 29.5 Å². The maximum atomic E-state index is 14.2. The second-order valence-electron chi connectivity index (χ2n) is 9.20. The standard InChI is InChI=1S/C28H24N4O4/c1-2-36-17-13-11-16(12-14-17)32-25(33)23-22-18-7-3-5-9-20(18)28(24(23)26(32)34,15-30-31-27(29)35)21-10-6-4-8-19(21)22/h3-15,22-24H,2H2,1H3,(H3,29,31,35)/b30-15-/t22?,23-,24+,28?/m0/s1. The minimum atomic E-state index is -1.05. The van der Waals surface area contributed by atoms with E-state index in [4.69, 9.17) is 10.5 Å². The largest absolute Gasteiger partial charge is 0.494 e. The van der Waals surface area contributed by atoms with Gasteiger partial charge in [0.25, 0.3) is 0 Å². The van der Waals surface area contributed by atoms with E-state index in [1.807, 2.05) is 55.5 Å². The molecule has 2 bridgehead atoms. The molecule has 1 heterocycles. The molecule has 3 aliphatic carbocycles. The maximum absolute atomic E-state index is 14.2. The second-order valence-corrected chi connectivity index (χ2v) is 9.20. The number of primary amides is 1. The highest BCUT2D eigenvalue weighted by Crippen LogP contribution is 2.63. The molecule has 4 amide bonds. The SMILES string of the molecule is CCOc1ccc(N2C(=O)[C@H]3C4c5ccccc5C(/C=N\NC(N)=O)(c5ccccc54)[C@H]3C2=O)cc1. The van der Waals surface area contributed by atoms with Crippen molar-refractivity contribution >= 4 is 29.7 Å². The molecular formula is C28H24N4O4. The van der Waals surface area contributed by atoms with Crippen LogP contribution in [-0.2, 0) is 15.0 Å². The smallest absolute Gasteiger partial charge is 0.332 e. The van der Waals surface area contributed by atoms with Gasteiger partial charge in [-0.3, -0.25) is 9.59 Å². The minimum absolute atomic E-state index is 0.246. The van der Waals surface area contributed by atoms with Gasteiger partial charge in [-0.25, -0.2) is 15.1 Å². The minimum Gasteiger partial charge on any atom is -0.494 e. The van der Waals surface area contributed by atoms with Crippen molar-refractivity contribution in [2.45, 2.75) is 18.3 Å². The fourth-order valence-corrected chi connectivity index (χ4v) is 6.36. The monoisotopic (exact) mass is 480 g/mol. The first-order valence-corrected chi connectivity index (χ1v) is 11.9. The van der Waals surface area contributed by atoms with Crippen LogP contribution < -0.4 is 20.8 Å². The number of carbonyl (C=O) groups excluding carboxylic acids is 3. The molecule has 180 valence electrons. The zero-order valence-electron chi connectivity index (χ0n) is 19.5. The Morgan fingerprint density at radius 1 is 1.00 bits per heavy atom. The van der Waals surface area contributed by atoms with Crippen molar-refractivity contribution < 1.29 is 19.1 Å². The van der Waals surface area contributed by atoms with Crippen LogP contribution in [0.25, 0.3) is 0 Å². The fraction of sp³-hybridized carbons (Fsp3) is 0.214. The van der Waals surface area contributed by atoms with E-state index >= 15 is 0 Å². The number of nitrogens with one attached hydrogen (secondary N) is 1. The predicted octanol–water partition coefficient (Wildman–Crippen LogP) is 3.29. The molecular weight excluding hydrogens is 456 g/mol. The molecule has 3 aromatic rings. The summed E-state index contributed by atoms with van der Waals surface area (Å²) in [6.07, 6.45) is 1.58. The molecule has 8 nitrogen and oxygen atoms in total. The van der Waals surface area contributed by atoms with Crippen LogP contribution in [0.1, 0.15) is 35.1 Å². The molecule has 36 heavy (non-hydrogen) atoms. The van der Waals surface area contributed by atoms with E-state index in [0.29, 0.717) is 18.0 Å². The van der Waals surface area contributed by atoms with Crippen LogP contribution in [0.4, 0.5) is 10.5 Å². The third-order valence-corrected chi connectivity index (χ3v) is 7.53. The lowest BCUT2D eigenvalue weighted by molar-refractivity contribution is -0.122. The van der Waals surface area contributed by atoms with Crippen molar-refractivity contribution in [2.75, 3.05) is 11.5 Å². The first-order valence-electron chi connectivity index (χ1n) is 11.9. The third kappa shape index (κ3) is 2.87. The van der Waals surface area contributed by atoms with Gasteiger partial charge in [-0.2, -0.15) is 5.10 Å². The number of urea groups is 1. The fourth-order valence-electron chi connectivity index (χ4n) is 6.36. The lowest BCUT2D eigenvalue weighted by Gasteiger charge is -2.52. The number of benzene rings is 3. The van der Waals surface area contributed by atoms with Gasteiger partial charge in [0.2, 0.25) is 11.8 Å². The summed E-state index contributed by atoms with van der Waals surface area (Å²) in [6.45, 7) is 2.41. The number of hydrogen-bond donors (Lipinski definition) is 2. The van der Waals surface area contributed by atoms with Crippen molar-refractivity contribution in [3.05, 3.63) is 95.1 Å². The Kier molecular flexibility index (Phi) is 4.93. The average molecular weight is 481 g/mol. The Morgan fingerprint density at radius 2 is 1.61 bits per heavy atom. The Hall–Kier alpha value is -4.46. The summed E-state index contributed by atoms with van der Waals surface area (Å²) in [6, 6.07) is 21.8. The van der Waals surface area contributed by atoms with Gasteiger partial charge in [0.1, 0.15) is 5.75 Å². The molecule has 7 rings (SSSR count). The summed E-state index contributed by atoms with van der Waals surface area (Å²) in [4.78, 5) is 40.9. The molecule has 1 saturated heterocycles. The summed E-state index contributed by atoms with van der Waals surface area (Å²) < 4.78 is 5.53. The predicted molar refractivity (Wildman–Crippen MR) is 134 cm³/mol. The molecule has 0 aromatic heterocycles. The van der Waals surface area contributed by atoms with E-state index in [1.165, 1.54) is 4.90 Å². The molecule has 0 radical (unpaired) electrons. The van der Waals surface area contributed by atoms with Crippen molar-refractivity contribution in [1.29, 1.82) is 0 Å². The van der Waals surface area contributed by atoms with Gasteiger partial charge in [-0.05, 0) is 53.4 Å². The average Bonchev–Trinajstić information content (AvgIpc) is 3.16. The summed E-state index contributed by atoms with van der Waals surface area (Å²) >= 11 is 0. The number of nitrogens with zero attached hydrogens (tertiary/aromatic N) is 2. The molecule has 0 spiro atoms. The highest BCUT2D eigenvalue weighted by Gasteiger charge is 2.68. The van der Waals surface area contributed by atoms with Crippen LogP contribution in [-0.4, -0.2) is 30.7 Å². The highest BCUT2D eigenvalue weighted by molar-refractivity contribution is 6.25. The van der Waals surface area contributed by atoms with E-state index in [9.17, 15) is 14.4 Å². The second kappa shape index (κ2) is 8.05. The van der Waals surface area contributed by atoms with Crippen LogP contribution in [0.3, 0.4) is 0 Å². The van der Waals surface area contributed by atoms with E-state index in [1.54, 1.807) is 30.5 Å². The molecule has 0 unspecified atom stereocenters. The molecule has 0 saturated carbocycles. The van der Waals surface area contributed by atoms with Crippen LogP contribution in [0.15, 0.2) is 77.9 Å². The molecule has 3 aromatic carbocycles. The number of nitrogens with two attached hydrogens (primary N) is 1. The quantitative estimate of drug-likeness (QED) is 0.331. The molecule has 1 fully saturated rings. The van der Waals surface area contributed by atoms with Crippen molar-refractivity contribution in [1.82, 2.24) is 5.43 Å². The topological polar surface area (TPSA) is 114 Å². The Morgan fingerprint density at radius 3 is 2.19 bits per heavy atom.